The van der Waals surface area contributed by atoms with E-state index in [1.807, 2.05) is 26.0 Å². The smallest absolute Gasteiger partial charge is 0.251 e. The molecule has 0 fully saturated rings. The van der Waals surface area contributed by atoms with Crippen LogP contribution in [0.4, 0.5) is 9.52 Å². The maximum Gasteiger partial charge on any atom is 0.251 e. The van der Waals surface area contributed by atoms with E-state index in [1.54, 1.807) is 24.3 Å². The fourth-order valence-corrected chi connectivity index (χ4v) is 4.82. The first-order valence-corrected chi connectivity index (χ1v) is 12.8. The second-order valence-electron chi connectivity index (χ2n) is 9.30. The Morgan fingerprint density at radius 1 is 1.03 bits per heavy atom. The van der Waals surface area contributed by atoms with Crippen LogP contribution in [0.5, 0.6) is 0 Å². The monoisotopic (exact) mass is 500 g/mol. The maximum atomic E-state index is 13.0. The normalized spacial score (nSPS) is 12.4. The van der Waals surface area contributed by atoms with Crippen molar-refractivity contribution < 1.29 is 14.0 Å². The predicted octanol–water partition coefficient (Wildman–Crippen LogP) is 5.66. The molecule has 1 heterocycles. The zero-order valence-electron chi connectivity index (χ0n) is 19.9. The fourth-order valence-electron chi connectivity index (χ4n) is 3.11. The maximum absolute atomic E-state index is 13.0. The topological polar surface area (TPSA) is 84.0 Å². The Hall–Kier alpha value is -2.78. The number of amides is 2. The van der Waals surface area contributed by atoms with Crippen LogP contribution in [0, 0.1) is 11.7 Å². The van der Waals surface area contributed by atoms with E-state index in [2.05, 4.69) is 41.6 Å². The molecule has 6 nitrogen and oxygen atoms in total. The lowest BCUT2D eigenvalue weighted by molar-refractivity contribution is -0.118. The van der Waals surface area contributed by atoms with Crippen molar-refractivity contribution in [3.63, 3.8) is 0 Å². The van der Waals surface area contributed by atoms with E-state index < -0.39 is 6.04 Å². The SMILES string of the molecule is CC(C)[C@@H](NC(=O)c1ccc(C(C)(C)C)cc1)C(=O)Nc1nnc(SCc2ccc(F)cc2)s1. The summed E-state index contributed by atoms with van der Waals surface area (Å²) in [6, 6.07) is 13.0. The Morgan fingerprint density at radius 2 is 1.68 bits per heavy atom. The number of benzene rings is 2. The van der Waals surface area contributed by atoms with Crippen LogP contribution in [-0.2, 0) is 16.0 Å². The third-order valence-electron chi connectivity index (χ3n) is 5.16. The highest BCUT2D eigenvalue weighted by molar-refractivity contribution is 8.00. The van der Waals surface area contributed by atoms with Gasteiger partial charge in [-0.05, 0) is 46.7 Å². The van der Waals surface area contributed by atoms with Crippen LogP contribution in [0.2, 0.25) is 0 Å². The van der Waals surface area contributed by atoms with Gasteiger partial charge in [-0.25, -0.2) is 4.39 Å². The molecular weight excluding hydrogens is 471 g/mol. The number of halogens is 1. The van der Waals surface area contributed by atoms with E-state index in [4.69, 9.17) is 0 Å². The molecule has 0 spiro atoms. The number of carbonyl (C=O) groups excluding carboxylic acids is 2. The van der Waals surface area contributed by atoms with Gasteiger partial charge >= 0.3 is 0 Å². The minimum atomic E-state index is -0.728. The van der Waals surface area contributed by atoms with Gasteiger partial charge in [0.15, 0.2) is 4.34 Å². The summed E-state index contributed by atoms with van der Waals surface area (Å²) in [6.45, 7) is 10.1. The highest BCUT2D eigenvalue weighted by Gasteiger charge is 2.26. The Morgan fingerprint density at radius 3 is 2.26 bits per heavy atom. The van der Waals surface area contributed by atoms with Crippen molar-refractivity contribution in [3.05, 3.63) is 71.0 Å². The molecule has 2 aromatic carbocycles. The van der Waals surface area contributed by atoms with Crippen LogP contribution in [0.1, 0.15) is 56.1 Å². The zero-order valence-corrected chi connectivity index (χ0v) is 21.5. The second-order valence-corrected chi connectivity index (χ2v) is 11.5. The van der Waals surface area contributed by atoms with Gasteiger partial charge in [0.25, 0.3) is 5.91 Å². The Labute approximate surface area is 207 Å². The molecule has 2 N–H and O–H groups in total. The predicted molar refractivity (Wildman–Crippen MR) is 136 cm³/mol. The minimum absolute atomic E-state index is 0.00669. The summed E-state index contributed by atoms with van der Waals surface area (Å²) in [6.07, 6.45) is 0. The standard InChI is InChI=1S/C25H29FN4O2S2/c1-15(2)20(27-21(31)17-8-10-18(11-9-17)25(3,4)5)22(32)28-23-29-30-24(34-23)33-14-16-6-12-19(26)13-7-16/h6-13,15,20H,14H2,1-5H3,(H,27,31)(H,28,29,32)/t20-/m1/s1. The molecule has 1 aromatic heterocycles. The summed E-state index contributed by atoms with van der Waals surface area (Å²) < 4.78 is 13.7. The second kappa shape index (κ2) is 11.1. The highest BCUT2D eigenvalue weighted by atomic mass is 32.2. The average Bonchev–Trinajstić information content (AvgIpc) is 3.23. The van der Waals surface area contributed by atoms with E-state index in [9.17, 15) is 14.0 Å². The summed E-state index contributed by atoms with van der Waals surface area (Å²) in [5, 5.41) is 14.1. The van der Waals surface area contributed by atoms with E-state index in [0.717, 1.165) is 11.1 Å². The van der Waals surface area contributed by atoms with Crippen molar-refractivity contribution in [2.24, 2.45) is 5.92 Å². The summed E-state index contributed by atoms with van der Waals surface area (Å²) in [7, 11) is 0. The number of anilines is 1. The summed E-state index contributed by atoms with van der Waals surface area (Å²) in [5.74, 6) is -0.439. The van der Waals surface area contributed by atoms with Gasteiger partial charge in [0.1, 0.15) is 11.9 Å². The third kappa shape index (κ3) is 7.11. The lowest BCUT2D eigenvalue weighted by atomic mass is 9.86. The van der Waals surface area contributed by atoms with Gasteiger partial charge in [-0.2, -0.15) is 0 Å². The van der Waals surface area contributed by atoms with E-state index in [0.29, 0.717) is 20.8 Å². The van der Waals surface area contributed by atoms with Gasteiger partial charge in [0, 0.05) is 11.3 Å². The largest absolute Gasteiger partial charge is 0.340 e. The summed E-state index contributed by atoms with van der Waals surface area (Å²) >= 11 is 2.71. The molecule has 1 atom stereocenters. The number of hydrogen-bond donors (Lipinski definition) is 2. The van der Waals surface area contributed by atoms with Gasteiger partial charge in [0.2, 0.25) is 11.0 Å². The molecule has 0 unspecified atom stereocenters. The van der Waals surface area contributed by atoms with Crippen LogP contribution < -0.4 is 10.6 Å². The Balaban J connectivity index is 1.59. The summed E-state index contributed by atoms with van der Waals surface area (Å²) in [4.78, 5) is 25.7. The molecule has 0 aliphatic carbocycles. The number of hydrogen-bond acceptors (Lipinski definition) is 6. The Bertz CT molecular complexity index is 1120. The molecule has 2 amide bonds. The lowest BCUT2D eigenvalue weighted by Gasteiger charge is -2.22. The highest BCUT2D eigenvalue weighted by Crippen LogP contribution is 2.28. The molecule has 0 aliphatic rings. The number of nitrogens with zero attached hydrogens (tertiary/aromatic N) is 2. The van der Waals surface area contributed by atoms with Crippen molar-refractivity contribution >= 4 is 40.0 Å². The van der Waals surface area contributed by atoms with Crippen molar-refractivity contribution in [3.8, 4) is 0 Å². The van der Waals surface area contributed by atoms with Crippen molar-refractivity contribution in [1.82, 2.24) is 15.5 Å². The number of thioether (sulfide) groups is 1. The van der Waals surface area contributed by atoms with Gasteiger partial charge < -0.3 is 5.32 Å². The fraction of sp³-hybridized carbons (Fsp3) is 0.360. The van der Waals surface area contributed by atoms with Gasteiger partial charge in [0.05, 0.1) is 0 Å². The lowest BCUT2D eigenvalue weighted by Crippen LogP contribution is -2.47. The first-order chi connectivity index (χ1) is 16.0. The van der Waals surface area contributed by atoms with Gasteiger partial charge in [-0.3, -0.25) is 14.9 Å². The van der Waals surface area contributed by atoms with Gasteiger partial charge in [-0.15, -0.1) is 10.2 Å². The zero-order chi connectivity index (χ0) is 24.9. The molecule has 34 heavy (non-hydrogen) atoms. The molecule has 0 saturated heterocycles. The average molecular weight is 501 g/mol. The van der Waals surface area contributed by atoms with Gasteiger partial charge in [-0.1, -0.05) is 82.0 Å². The number of nitrogens with one attached hydrogen (secondary N) is 2. The third-order valence-corrected chi connectivity index (χ3v) is 7.20. The van der Waals surface area contributed by atoms with Crippen LogP contribution in [0.25, 0.3) is 0 Å². The summed E-state index contributed by atoms with van der Waals surface area (Å²) in [5.41, 5.74) is 2.59. The van der Waals surface area contributed by atoms with Crippen LogP contribution in [-0.4, -0.2) is 28.1 Å². The molecule has 180 valence electrons. The number of aromatic nitrogens is 2. The van der Waals surface area contributed by atoms with E-state index in [-0.39, 0.29) is 29.0 Å². The quantitative estimate of drug-likeness (QED) is 0.308. The first kappa shape index (κ1) is 25.8. The molecule has 0 bridgehead atoms. The van der Waals surface area contributed by atoms with E-state index in [1.165, 1.54) is 35.2 Å². The number of rotatable bonds is 8. The van der Waals surface area contributed by atoms with Crippen molar-refractivity contribution in [2.45, 2.75) is 56.2 Å². The molecule has 3 aromatic rings. The molecular formula is C25H29FN4O2S2. The van der Waals surface area contributed by atoms with Crippen LogP contribution in [0.15, 0.2) is 52.9 Å². The number of carbonyl (C=O) groups is 2. The molecule has 9 heteroatoms. The minimum Gasteiger partial charge on any atom is -0.340 e. The Kier molecular flexibility index (Phi) is 8.43. The van der Waals surface area contributed by atoms with Crippen molar-refractivity contribution in [2.75, 3.05) is 5.32 Å². The molecule has 3 rings (SSSR count). The van der Waals surface area contributed by atoms with Crippen LogP contribution >= 0.6 is 23.1 Å². The molecule has 0 radical (unpaired) electrons. The van der Waals surface area contributed by atoms with E-state index >= 15 is 0 Å². The van der Waals surface area contributed by atoms with Crippen LogP contribution in [0.3, 0.4) is 0 Å². The first-order valence-electron chi connectivity index (χ1n) is 11.0. The molecule has 0 saturated carbocycles. The van der Waals surface area contributed by atoms with Crippen molar-refractivity contribution in [1.29, 1.82) is 0 Å². The molecule has 0 aliphatic heterocycles.